The molecule has 4 nitrogen and oxygen atoms in total. The van der Waals surface area contributed by atoms with E-state index in [0.717, 1.165) is 0 Å². The molecule has 1 aliphatic rings. The van der Waals surface area contributed by atoms with Crippen molar-refractivity contribution in [2.45, 2.75) is 26.7 Å². The number of carbonyl (C=O) groups is 2. The second kappa shape index (κ2) is 8.56. The number of amides is 1. The van der Waals surface area contributed by atoms with Crippen molar-refractivity contribution >= 4 is 27.8 Å². The number of rotatable bonds is 2. The molecule has 0 aromatic carbocycles. The zero-order valence-corrected chi connectivity index (χ0v) is 11.7. The molecule has 1 saturated heterocycles. The lowest BCUT2D eigenvalue weighted by Gasteiger charge is -2.30. The fourth-order valence-corrected chi connectivity index (χ4v) is 1.97. The Hall–Kier alpha value is -0.580. The van der Waals surface area contributed by atoms with Crippen molar-refractivity contribution in [3.63, 3.8) is 0 Å². The summed E-state index contributed by atoms with van der Waals surface area (Å²) in [6, 6.07) is 0. The van der Waals surface area contributed by atoms with E-state index in [2.05, 4.69) is 20.7 Å². The van der Waals surface area contributed by atoms with E-state index in [4.69, 9.17) is 0 Å². The predicted molar refractivity (Wildman–Crippen MR) is 66.5 cm³/mol. The van der Waals surface area contributed by atoms with Gasteiger partial charge in [0.2, 0.25) is 5.91 Å². The molecule has 0 atom stereocenters. The minimum atomic E-state index is -0.157. The molecule has 0 N–H and O–H groups in total. The number of ether oxygens (including phenoxy) is 1. The molecule has 5 heteroatoms. The third-order valence-electron chi connectivity index (χ3n) is 2.50. The van der Waals surface area contributed by atoms with Crippen LogP contribution in [0.1, 0.15) is 26.7 Å². The summed E-state index contributed by atoms with van der Waals surface area (Å²) in [7, 11) is 1.40. The van der Waals surface area contributed by atoms with Crippen molar-refractivity contribution in [3.05, 3.63) is 0 Å². The van der Waals surface area contributed by atoms with Gasteiger partial charge < -0.3 is 9.64 Å². The highest BCUT2D eigenvalue weighted by molar-refractivity contribution is 9.09. The monoisotopic (exact) mass is 293 g/mol. The van der Waals surface area contributed by atoms with Gasteiger partial charge in [-0.2, -0.15) is 0 Å². The Morgan fingerprint density at radius 2 is 1.81 bits per heavy atom. The van der Waals surface area contributed by atoms with Crippen LogP contribution in [0.15, 0.2) is 0 Å². The molecule has 94 valence electrons. The number of hydrogen-bond acceptors (Lipinski definition) is 3. The van der Waals surface area contributed by atoms with Gasteiger partial charge in [0.15, 0.2) is 0 Å². The van der Waals surface area contributed by atoms with Gasteiger partial charge in [0.05, 0.1) is 18.4 Å². The molecule has 1 fully saturated rings. The molecule has 1 rings (SSSR count). The molecule has 0 saturated carbocycles. The van der Waals surface area contributed by atoms with Gasteiger partial charge in [0.1, 0.15) is 0 Å². The van der Waals surface area contributed by atoms with Gasteiger partial charge in [-0.15, -0.1) is 0 Å². The van der Waals surface area contributed by atoms with Gasteiger partial charge in [-0.25, -0.2) is 0 Å². The van der Waals surface area contributed by atoms with Crippen LogP contribution in [0.4, 0.5) is 0 Å². The summed E-state index contributed by atoms with van der Waals surface area (Å²) in [5.41, 5.74) is 0. The van der Waals surface area contributed by atoms with Crippen LogP contribution in [0.25, 0.3) is 0 Å². The Kier molecular flexibility index (Phi) is 8.25. The summed E-state index contributed by atoms with van der Waals surface area (Å²) < 4.78 is 4.66. The lowest BCUT2D eigenvalue weighted by molar-refractivity contribution is -0.148. The van der Waals surface area contributed by atoms with Crippen LogP contribution in [0, 0.1) is 5.92 Å². The predicted octanol–water partition coefficient (Wildman–Crippen LogP) is 1.82. The van der Waals surface area contributed by atoms with E-state index in [-0.39, 0.29) is 17.8 Å². The first-order chi connectivity index (χ1) is 7.69. The maximum Gasteiger partial charge on any atom is 0.308 e. The van der Waals surface area contributed by atoms with Crippen molar-refractivity contribution in [2.24, 2.45) is 5.92 Å². The molecule has 1 amide bonds. The first-order valence-corrected chi connectivity index (χ1v) is 6.72. The van der Waals surface area contributed by atoms with E-state index in [9.17, 15) is 9.59 Å². The molecule has 16 heavy (non-hydrogen) atoms. The number of carbonyl (C=O) groups excluding carboxylic acids is 2. The Bertz CT molecular complexity index is 201. The number of likely N-dealkylation sites (tertiary alicyclic amines) is 1. The van der Waals surface area contributed by atoms with Crippen LogP contribution < -0.4 is 0 Å². The van der Waals surface area contributed by atoms with E-state index in [1.165, 1.54) is 7.11 Å². The summed E-state index contributed by atoms with van der Waals surface area (Å²) in [4.78, 5) is 24.2. The van der Waals surface area contributed by atoms with Gasteiger partial charge in [-0.05, 0) is 12.8 Å². The Morgan fingerprint density at radius 3 is 2.19 bits per heavy atom. The number of methoxy groups -OCH3 is 1. The molecule has 0 aromatic rings. The van der Waals surface area contributed by atoms with E-state index < -0.39 is 0 Å². The highest BCUT2D eigenvalue weighted by Crippen LogP contribution is 2.18. The zero-order valence-electron chi connectivity index (χ0n) is 10.2. The fourth-order valence-electron chi connectivity index (χ4n) is 1.62. The first kappa shape index (κ1) is 15.4. The third-order valence-corrected chi connectivity index (χ3v) is 2.98. The Labute approximate surface area is 105 Å². The third kappa shape index (κ3) is 4.51. The average Bonchev–Trinajstić information content (AvgIpc) is 2.39. The molecule has 0 bridgehead atoms. The van der Waals surface area contributed by atoms with Gasteiger partial charge in [0, 0.05) is 13.1 Å². The number of halogens is 1. The molecular weight excluding hydrogens is 274 g/mol. The van der Waals surface area contributed by atoms with Crippen LogP contribution in [0.3, 0.4) is 0 Å². The second-order valence-electron chi connectivity index (χ2n) is 3.31. The lowest BCUT2D eigenvalue weighted by Crippen LogP contribution is -2.41. The first-order valence-electron chi connectivity index (χ1n) is 5.60. The van der Waals surface area contributed by atoms with E-state index in [1.54, 1.807) is 4.90 Å². The second-order valence-corrected chi connectivity index (χ2v) is 3.87. The zero-order chi connectivity index (χ0) is 12.6. The standard InChI is InChI=1S/C9H14BrNO3.C2H6/c1-14-9(13)7-2-4-11(5-3-7)8(12)6-10;1-2/h7H,2-6H2,1H3;1-2H3. The van der Waals surface area contributed by atoms with Crippen molar-refractivity contribution in [1.29, 1.82) is 0 Å². The van der Waals surface area contributed by atoms with Crippen LogP contribution in [-0.4, -0.2) is 42.3 Å². The molecule has 0 radical (unpaired) electrons. The van der Waals surface area contributed by atoms with Crippen molar-refractivity contribution in [1.82, 2.24) is 4.90 Å². The number of esters is 1. The quantitative estimate of drug-likeness (QED) is 0.576. The van der Waals surface area contributed by atoms with Crippen LogP contribution in [-0.2, 0) is 14.3 Å². The highest BCUT2D eigenvalue weighted by atomic mass is 79.9. The Balaban J connectivity index is 0.00000106. The normalized spacial score (nSPS) is 16.1. The topological polar surface area (TPSA) is 46.6 Å². The molecule has 0 aromatic heterocycles. The van der Waals surface area contributed by atoms with Gasteiger partial charge >= 0.3 is 5.97 Å². The number of piperidine rings is 1. The summed E-state index contributed by atoms with van der Waals surface area (Å²) in [5, 5.41) is 0.357. The number of hydrogen-bond donors (Lipinski definition) is 0. The smallest absolute Gasteiger partial charge is 0.308 e. The van der Waals surface area contributed by atoms with Crippen LogP contribution in [0.2, 0.25) is 0 Å². The number of alkyl halides is 1. The number of nitrogens with zero attached hydrogens (tertiary/aromatic N) is 1. The minimum Gasteiger partial charge on any atom is -0.469 e. The van der Waals surface area contributed by atoms with E-state index in [1.807, 2.05) is 13.8 Å². The summed E-state index contributed by atoms with van der Waals surface area (Å²) >= 11 is 3.13. The van der Waals surface area contributed by atoms with Gasteiger partial charge in [-0.1, -0.05) is 29.8 Å². The lowest BCUT2D eigenvalue weighted by atomic mass is 9.97. The van der Waals surface area contributed by atoms with Crippen molar-refractivity contribution in [3.8, 4) is 0 Å². The van der Waals surface area contributed by atoms with E-state index in [0.29, 0.717) is 31.3 Å². The molecule has 1 heterocycles. The molecule has 0 spiro atoms. The summed E-state index contributed by atoms with van der Waals surface area (Å²) in [5.74, 6) is -0.0939. The summed E-state index contributed by atoms with van der Waals surface area (Å²) in [6.07, 6.45) is 1.43. The molecule has 0 unspecified atom stereocenters. The van der Waals surface area contributed by atoms with Gasteiger partial charge in [-0.3, -0.25) is 9.59 Å². The minimum absolute atomic E-state index is 0.0284. The maximum atomic E-state index is 11.3. The SMILES string of the molecule is CC.COC(=O)C1CCN(C(=O)CBr)CC1. The fraction of sp³-hybridized carbons (Fsp3) is 0.818. The molecule has 1 aliphatic heterocycles. The molecular formula is C11H20BrNO3. The van der Waals surface area contributed by atoms with Crippen molar-refractivity contribution in [2.75, 3.05) is 25.5 Å². The van der Waals surface area contributed by atoms with Gasteiger partial charge in [0.25, 0.3) is 0 Å². The maximum absolute atomic E-state index is 11.3. The summed E-state index contributed by atoms with van der Waals surface area (Å²) in [6.45, 7) is 5.31. The van der Waals surface area contributed by atoms with E-state index >= 15 is 0 Å². The van der Waals surface area contributed by atoms with Crippen LogP contribution >= 0.6 is 15.9 Å². The van der Waals surface area contributed by atoms with Crippen LogP contribution in [0.5, 0.6) is 0 Å². The Morgan fingerprint density at radius 1 is 1.31 bits per heavy atom. The molecule has 0 aliphatic carbocycles. The largest absolute Gasteiger partial charge is 0.469 e. The average molecular weight is 294 g/mol. The van der Waals surface area contributed by atoms with Crippen molar-refractivity contribution < 1.29 is 14.3 Å². The highest BCUT2D eigenvalue weighted by Gasteiger charge is 2.27.